The average molecular weight is 283 g/mol. The van der Waals surface area contributed by atoms with E-state index in [1.165, 1.54) is 6.92 Å². The second-order valence-electron chi connectivity index (χ2n) is 3.86. The van der Waals surface area contributed by atoms with Gasteiger partial charge in [-0.25, -0.2) is 14.0 Å². The summed E-state index contributed by atoms with van der Waals surface area (Å²) in [5.74, 6) is -2.28. The van der Waals surface area contributed by atoms with E-state index in [-0.39, 0.29) is 30.2 Å². The summed E-state index contributed by atoms with van der Waals surface area (Å²) in [4.78, 5) is 33.0. The summed E-state index contributed by atoms with van der Waals surface area (Å²) in [5.41, 5.74) is -0.363. The second-order valence-corrected chi connectivity index (χ2v) is 3.86. The van der Waals surface area contributed by atoms with Crippen LogP contribution in [0, 0.1) is 5.82 Å². The summed E-state index contributed by atoms with van der Waals surface area (Å²) in [6, 6.07) is 2.37. The maximum atomic E-state index is 12.9. The zero-order valence-electron chi connectivity index (χ0n) is 10.7. The lowest BCUT2D eigenvalue weighted by atomic mass is 10.2. The number of benzene rings is 1. The average Bonchev–Trinajstić information content (AvgIpc) is 2.36. The molecular formula is C12H14FN3O4. The number of carboxylic acid groups (broad SMARTS) is 1. The lowest BCUT2D eigenvalue weighted by Crippen LogP contribution is -2.36. The highest BCUT2D eigenvalue weighted by Gasteiger charge is 2.13. The molecule has 8 heteroatoms. The monoisotopic (exact) mass is 283 g/mol. The van der Waals surface area contributed by atoms with Gasteiger partial charge in [0.2, 0.25) is 5.91 Å². The molecule has 0 aliphatic carbocycles. The largest absolute Gasteiger partial charge is 0.478 e. The highest BCUT2D eigenvalue weighted by molar-refractivity contribution is 5.99. The number of amides is 3. The molecule has 1 aromatic rings. The van der Waals surface area contributed by atoms with Crippen LogP contribution in [0.25, 0.3) is 0 Å². The minimum atomic E-state index is -1.35. The van der Waals surface area contributed by atoms with E-state index in [2.05, 4.69) is 16.0 Å². The van der Waals surface area contributed by atoms with Crippen LogP contribution in [0.15, 0.2) is 18.2 Å². The van der Waals surface area contributed by atoms with Crippen LogP contribution in [0.2, 0.25) is 0 Å². The Balaban J connectivity index is 2.57. The Bertz CT molecular complexity index is 533. The van der Waals surface area contributed by atoms with E-state index in [1.54, 1.807) is 0 Å². The molecule has 0 radical (unpaired) electrons. The van der Waals surface area contributed by atoms with Crippen molar-refractivity contribution in [1.29, 1.82) is 0 Å². The van der Waals surface area contributed by atoms with Crippen LogP contribution >= 0.6 is 0 Å². The zero-order valence-corrected chi connectivity index (χ0v) is 10.7. The Morgan fingerprint density at radius 3 is 2.45 bits per heavy atom. The third-order valence-electron chi connectivity index (χ3n) is 2.24. The van der Waals surface area contributed by atoms with E-state index in [0.717, 1.165) is 18.2 Å². The number of nitrogens with one attached hydrogen (secondary N) is 3. The first-order valence-corrected chi connectivity index (χ1v) is 5.72. The minimum Gasteiger partial charge on any atom is -0.478 e. The molecule has 0 unspecified atom stereocenters. The highest BCUT2D eigenvalue weighted by Crippen LogP contribution is 2.16. The Kier molecular flexibility index (Phi) is 5.45. The fraction of sp³-hybridized carbons (Fsp3) is 0.250. The van der Waals surface area contributed by atoms with Crippen molar-refractivity contribution >= 4 is 23.6 Å². The molecule has 20 heavy (non-hydrogen) atoms. The van der Waals surface area contributed by atoms with Gasteiger partial charge in [-0.2, -0.15) is 0 Å². The first-order chi connectivity index (χ1) is 9.40. The molecular weight excluding hydrogens is 269 g/mol. The number of carboxylic acids is 1. The number of carbonyl (C=O) groups excluding carboxylic acids is 2. The summed E-state index contributed by atoms with van der Waals surface area (Å²) in [5, 5.41) is 16.1. The SMILES string of the molecule is CC(=O)NCCNC(=O)Nc1ccc(F)cc1C(=O)O. The maximum Gasteiger partial charge on any atom is 0.337 e. The van der Waals surface area contributed by atoms with E-state index >= 15 is 0 Å². The second kappa shape index (κ2) is 7.07. The van der Waals surface area contributed by atoms with Crippen molar-refractivity contribution in [3.8, 4) is 0 Å². The summed E-state index contributed by atoms with van der Waals surface area (Å²) in [6.45, 7) is 1.77. The molecule has 0 aliphatic rings. The number of urea groups is 1. The highest BCUT2D eigenvalue weighted by atomic mass is 19.1. The van der Waals surface area contributed by atoms with Crippen molar-refractivity contribution in [3.05, 3.63) is 29.6 Å². The molecule has 4 N–H and O–H groups in total. The minimum absolute atomic E-state index is 0.0177. The van der Waals surface area contributed by atoms with Crippen LogP contribution in [-0.4, -0.2) is 36.1 Å². The van der Waals surface area contributed by atoms with Gasteiger partial charge in [-0.1, -0.05) is 0 Å². The number of halogens is 1. The predicted octanol–water partition coefficient (Wildman–Crippen LogP) is 0.781. The molecule has 0 saturated carbocycles. The Labute approximate surface area is 114 Å². The first kappa shape index (κ1) is 15.4. The molecule has 0 aliphatic heterocycles. The zero-order chi connectivity index (χ0) is 15.1. The quantitative estimate of drug-likeness (QED) is 0.599. The van der Waals surface area contributed by atoms with Crippen LogP contribution < -0.4 is 16.0 Å². The van der Waals surface area contributed by atoms with E-state index in [0.29, 0.717) is 0 Å². The molecule has 0 saturated heterocycles. The molecule has 0 heterocycles. The van der Waals surface area contributed by atoms with Gasteiger partial charge < -0.3 is 21.1 Å². The van der Waals surface area contributed by atoms with Gasteiger partial charge in [0.1, 0.15) is 5.82 Å². The summed E-state index contributed by atoms with van der Waals surface area (Å²) < 4.78 is 12.9. The first-order valence-electron chi connectivity index (χ1n) is 5.72. The maximum absolute atomic E-state index is 12.9. The fourth-order valence-corrected chi connectivity index (χ4v) is 1.38. The van der Waals surface area contributed by atoms with Gasteiger partial charge >= 0.3 is 12.0 Å². The molecule has 0 aromatic heterocycles. The smallest absolute Gasteiger partial charge is 0.337 e. The predicted molar refractivity (Wildman–Crippen MR) is 69.1 cm³/mol. The van der Waals surface area contributed by atoms with Crippen molar-refractivity contribution in [2.45, 2.75) is 6.92 Å². The molecule has 0 spiro atoms. The van der Waals surface area contributed by atoms with Crippen LogP contribution in [0.3, 0.4) is 0 Å². The van der Waals surface area contributed by atoms with Crippen molar-refractivity contribution in [3.63, 3.8) is 0 Å². The summed E-state index contributed by atoms with van der Waals surface area (Å²) in [7, 11) is 0. The molecule has 0 atom stereocenters. The molecule has 3 amide bonds. The van der Waals surface area contributed by atoms with Crippen LogP contribution in [-0.2, 0) is 4.79 Å². The Morgan fingerprint density at radius 2 is 1.85 bits per heavy atom. The van der Waals surface area contributed by atoms with E-state index < -0.39 is 17.8 Å². The standard InChI is InChI=1S/C12H14FN3O4/c1-7(17)14-4-5-15-12(20)16-10-3-2-8(13)6-9(10)11(18)19/h2-3,6H,4-5H2,1H3,(H,14,17)(H,18,19)(H2,15,16,20). The van der Waals surface area contributed by atoms with Gasteiger partial charge in [0.25, 0.3) is 0 Å². The summed E-state index contributed by atoms with van der Waals surface area (Å²) in [6.07, 6.45) is 0. The number of hydrogen-bond donors (Lipinski definition) is 4. The molecule has 1 aromatic carbocycles. The lowest BCUT2D eigenvalue weighted by molar-refractivity contribution is -0.118. The topological polar surface area (TPSA) is 108 Å². The number of carbonyl (C=O) groups is 3. The number of aromatic carboxylic acids is 1. The van der Waals surface area contributed by atoms with E-state index in [9.17, 15) is 18.8 Å². The van der Waals surface area contributed by atoms with Gasteiger partial charge in [-0.3, -0.25) is 4.79 Å². The van der Waals surface area contributed by atoms with Gasteiger partial charge in [0.05, 0.1) is 11.3 Å². The van der Waals surface area contributed by atoms with Crippen molar-refractivity contribution < 1.29 is 23.9 Å². The van der Waals surface area contributed by atoms with Crippen LogP contribution in [0.4, 0.5) is 14.9 Å². The Morgan fingerprint density at radius 1 is 1.20 bits per heavy atom. The normalized spacial score (nSPS) is 9.70. The van der Waals surface area contributed by atoms with Gasteiger partial charge in [-0.05, 0) is 18.2 Å². The van der Waals surface area contributed by atoms with Crippen molar-refractivity contribution in [2.24, 2.45) is 0 Å². The fourth-order valence-electron chi connectivity index (χ4n) is 1.38. The third-order valence-corrected chi connectivity index (χ3v) is 2.24. The van der Waals surface area contributed by atoms with Gasteiger partial charge in [0.15, 0.2) is 0 Å². The summed E-state index contributed by atoms with van der Waals surface area (Å²) >= 11 is 0. The number of rotatable bonds is 5. The van der Waals surface area contributed by atoms with E-state index in [1.807, 2.05) is 0 Å². The molecule has 0 fully saturated rings. The molecule has 7 nitrogen and oxygen atoms in total. The van der Waals surface area contributed by atoms with Gasteiger partial charge in [-0.15, -0.1) is 0 Å². The number of anilines is 1. The molecule has 0 bridgehead atoms. The van der Waals surface area contributed by atoms with E-state index in [4.69, 9.17) is 5.11 Å². The van der Waals surface area contributed by atoms with Crippen LogP contribution in [0.1, 0.15) is 17.3 Å². The third kappa shape index (κ3) is 4.92. The van der Waals surface area contributed by atoms with Crippen LogP contribution in [0.5, 0.6) is 0 Å². The Hall–Kier alpha value is -2.64. The van der Waals surface area contributed by atoms with Crippen molar-refractivity contribution in [2.75, 3.05) is 18.4 Å². The number of hydrogen-bond acceptors (Lipinski definition) is 3. The van der Waals surface area contributed by atoms with Gasteiger partial charge in [0, 0.05) is 20.0 Å². The molecule has 108 valence electrons. The lowest BCUT2D eigenvalue weighted by Gasteiger charge is -2.10. The molecule has 1 rings (SSSR count). The van der Waals surface area contributed by atoms with Crippen molar-refractivity contribution in [1.82, 2.24) is 10.6 Å².